The second-order valence-corrected chi connectivity index (χ2v) is 7.00. The maximum absolute atomic E-state index is 12.9. The van der Waals surface area contributed by atoms with Crippen LogP contribution in [0.4, 0.5) is 5.69 Å². The zero-order chi connectivity index (χ0) is 16.9. The molecule has 2 fully saturated rings. The summed E-state index contributed by atoms with van der Waals surface area (Å²) in [6.45, 7) is 5.49. The Morgan fingerprint density at radius 1 is 1.29 bits per heavy atom. The van der Waals surface area contributed by atoms with Crippen LogP contribution in [0.2, 0.25) is 0 Å². The van der Waals surface area contributed by atoms with Crippen molar-refractivity contribution in [2.75, 3.05) is 38.3 Å². The van der Waals surface area contributed by atoms with Crippen molar-refractivity contribution in [3.8, 4) is 0 Å². The molecule has 0 aromatic carbocycles. The van der Waals surface area contributed by atoms with Gasteiger partial charge in [0, 0.05) is 38.1 Å². The molecule has 1 aliphatic heterocycles. The zero-order valence-electron chi connectivity index (χ0n) is 14.9. The van der Waals surface area contributed by atoms with Gasteiger partial charge in [0.1, 0.15) is 5.69 Å². The van der Waals surface area contributed by atoms with Gasteiger partial charge in [0.25, 0.3) is 5.91 Å². The van der Waals surface area contributed by atoms with Gasteiger partial charge in [-0.2, -0.15) is 0 Å². The molecule has 132 valence electrons. The topological polar surface area (TPSA) is 45.7 Å². The highest BCUT2D eigenvalue weighted by Crippen LogP contribution is 2.29. The lowest BCUT2D eigenvalue weighted by atomic mass is 9.84. The first kappa shape index (κ1) is 17.2. The molecule has 0 bridgehead atoms. The summed E-state index contributed by atoms with van der Waals surface area (Å²) in [5.74, 6) is 0.887. The van der Waals surface area contributed by atoms with E-state index in [4.69, 9.17) is 4.74 Å². The van der Waals surface area contributed by atoms with Crippen LogP contribution in [-0.4, -0.2) is 55.2 Å². The van der Waals surface area contributed by atoms with Crippen LogP contribution in [0.3, 0.4) is 0 Å². The third kappa shape index (κ3) is 3.89. The summed E-state index contributed by atoms with van der Waals surface area (Å²) < 4.78 is 5.40. The van der Waals surface area contributed by atoms with Gasteiger partial charge in [0.05, 0.1) is 13.2 Å². The van der Waals surface area contributed by atoms with Gasteiger partial charge in [-0.25, -0.2) is 0 Å². The van der Waals surface area contributed by atoms with Crippen molar-refractivity contribution in [1.29, 1.82) is 0 Å². The molecule has 5 nitrogen and oxygen atoms in total. The highest BCUT2D eigenvalue weighted by atomic mass is 16.5. The van der Waals surface area contributed by atoms with Gasteiger partial charge >= 0.3 is 0 Å². The van der Waals surface area contributed by atoms with E-state index in [1.807, 2.05) is 24.1 Å². The maximum atomic E-state index is 12.9. The summed E-state index contributed by atoms with van der Waals surface area (Å²) in [4.78, 5) is 21.4. The Balaban J connectivity index is 1.66. The summed E-state index contributed by atoms with van der Waals surface area (Å²) in [5, 5.41) is 0. The minimum atomic E-state index is 0.0463. The maximum Gasteiger partial charge on any atom is 0.272 e. The second kappa shape index (κ2) is 7.97. The molecule has 1 aliphatic carbocycles. The van der Waals surface area contributed by atoms with Gasteiger partial charge in [-0.05, 0) is 43.7 Å². The predicted octanol–water partition coefficient (Wildman–Crippen LogP) is 2.96. The summed E-state index contributed by atoms with van der Waals surface area (Å²) in [5.41, 5.74) is 1.62. The molecule has 2 heterocycles. The molecule has 1 aromatic rings. The van der Waals surface area contributed by atoms with Crippen molar-refractivity contribution in [3.05, 3.63) is 24.0 Å². The standard InChI is InChI=1S/C19H29N3O2/c1-3-15-4-6-16(7-5-15)21(2)19(23)18-14-17(8-9-20-18)22-10-12-24-13-11-22/h8-9,14-16H,3-7,10-13H2,1-2H3. The molecular formula is C19H29N3O2. The van der Waals surface area contributed by atoms with Gasteiger partial charge in [-0.1, -0.05) is 13.3 Å². The first-order valence-electron chi connectivity index (χ1n) is 9.25. The average molecular weight is 331 g/mol. The van der Waals surface area contributed by atoms with Crippen LogP contribution in [-0.2, 0) is 4.74 Å². The molecule has 3 rings (SSSR count). The molecule has 1 saturated heterocycles. The third-order valence-electron chi connectivity index (χ3n) is 5.60. The number of hydrogen-bond donors (Lipinski definition) is 0. The van der Waals surface area contributed by atoms with Crippen LogP contribution < -0.4 is 4.90 Å². The quantitative estimate of drug-likeness (QED) is 0.851. The van der Waals surface area contributed by atoms with E-state index < -0.39 is 0 Å². The number of nitrogens with zero attached hydrogens (tertiary/aromatic N) is 3. The van der Waals surface area contributed by atoms with Crippen LogP contribution in [0, 0.1) is 5.92 Å². The minimum absolute atomic E-state index is 0.0463. The van der Waals surface area contributed by atoms with Crippen molar-refractivity contribution in [2.45, 2.75) is 45.1 Å². The van der Waals surface area contributed by atoms with Gasteiger partial charge < -0.3 is 14.5 Å². The van der Waals surface area contributed by atoms with Crippen LogP contribution in [0.25, 0.3) is 0 Å². The van der Waals surface area contributed by atoms with E-state index in [1.54, 1.807) is 6.20 Å². The Hall–Kier alpha value is -1.62. The Bertz CT molecular complexity index is 549. The molecule has 1 amide bonds. The summed E-state index contributed by atoms with van der Waals surface area (Å²) >= 11 is 0. The molecule has 0 unspecified atom stereocenters. The van der Waals surface area contributed by atoms with E-state index in [-0.39, 0.29) is 5.91 Å². The summed E-state index contributed by atoms with van der Waals surface area (Å²) in [7, 11) is 1.93. The van der Waals surface area contributed by atoms with E-state index >= 15 is 0 Å². The Labute approximate surface area is 145 Å². The first-order chi connectivity index (χ1) is 11.7. The molecular weight excluding hydrogens is 302 g/mol. The number of anilines is 1. The molecule has 0 spiro atoms. The SMILES string of the molecule is CCC1CCC(N(C)C(=O)c2cc(N3CCOCC3)ccn2)CC1. The zero-order valence-corrected chi connectivity index (χ0v) is 14.9. The lowest BCUT2D eigenvalue weighted by Crippen LogP contribution is -2.40. The van der Waals surface area contributed by atoms with Gasteiger partial charge in [-0.3, -0.25) is 9.78 Å². The monoisotopic (exact) mass is 331 g/mol. The van der Waals surface area contributed by atoms with Crippen molar-refractivity contribution in [1.82, 2.24) is 9.88 Å². The van der Waals surface area contributed by atoms with Crippen LogP contribution in [0.15, 0.2) is 18.3 Å². The average Bonchev–Trinajstić information content (AvgIpc) is 2.67. The summed E-state index contributed by atoms with van der Waals surface area (Å²) in [6.07, 6.45) is 7.71. The van der Waals surface area contributed by atoms with Crippen LogP contribution in [0.1, 0.15) is 49.5 Å². The van der Waals surface area contributed by atoms with Crippen molar-refractivity contribution in [2.24, 2.45) is 5.92 Å². The molecule has 1 aromatic heterocycles. The minimum Gasteiger partial charge on any atom is -0.378 e. The van der Waals surface area contributed by atoms with Crippen LogP contribution in [0.5, 0.6) is 0 Å². The van der Waals surface area contributed by atoms with E-state index in [0.29, 0.717) is 11.7 Å². The molecule has 5 heteroatoms. The fraction of sp³-hybridized carbons (Fsp3) is 0.684. The lowest BCUT2D eigenvalue weighted by Gasteiger charge is -2.34. The smallest absolute Gasteiger partial charge is 0.272 e. The first-order valence-corrected chi connectivity index (χ1v) is 9.25. The molecule has 1 saturated carbocycles. The van der Waals surface area contributed by atoms with E-state index in [0.717, 1.165) is 50.8 Å². The normalized spacial score (nSPS) is 24.7. The lowest BCUT2D eigenvalue weighted by molar-refractivity contribution is 0.0669. The van der Waals surface area contributed by atoms with Crippen molar-refractivity contribution < 1.29 is 9.53 Å². The molecule has 0 atom stereocenters. The second-order valence-electron chi connectivity index (χ2n) is 7.00. The molecule has 0 radical (unpaired) electrons. The number of ether oxygens (including phenoxy) is 1. The number of carbonyl (C=O) groups excluding carboxylic acids is 1. The molecule has 24 heavy (non-hydrogen) atoms. The van der Waals surface area contributed by atoms with Crippen LogP contribution >= 0.6 is 0 Å². The third-order valence-corrected chi connectivity index (χ3v) is 5.60. The van der Waals surface area contributed by atoms with Crippen molar-refractivity contribution >= 4 is 11.6 Å². The van der Waals surface area contributed by atoms with Gasteiger partial charge in [0.2, 0.25) is 0 Å². The van der Waals surface area contributed by atoms with E-state index in [2.05, 4.69) is 16.8 Å². The highest BCUT2D eigenvalue weighted by Gasteiger charge is 2.27. The number of morpholine rings is 1. The van der Waals surface area contributed by atoms with E-state index in [1.165, 1.54) is 19.3 Å². The fourth-order valence-corrected chi connectivity index (χ4v) is 3.84. The Morgan fingerprint density at radius 3 is 2.67 bits per heavy atom. The van der Waals surface area contributed by atoms with E-state index in [9.17, 15) is 4.79 Å². The number of rotatable bonds is 4. The molecule has 0 N–H and O–H groups in total. The number of hydrogen-bond acceptors (Lipinski definition) is 4. The molecule has 2 aliphatic rings. The van der Waals surface area contributed by atoms with Gasteiger partial charge in [-0.15, -0.1) is 0 Å². The highest BCUT2D eigenvalue weighted by molar-refractivity contribution is 5.93. The number of carbonyl (C=O) groups is 1. The number of pyridine rings is 1. The largest absolute Gasteiger partial charge is 0.378 e. The fourth-order valence-electron chi connectivity index (χ4n) is 3.84. The Kier molecular flexibility index (Phi) is 5.72. The Morgan fingerprint density at radius 2 is 2.00 bits per heavy atom. The number of amides is 1. The van der Waals surface area contributed by atoms with Gasteiger partial charge in [0.15, 0.2) is 0 Å². The summed E-state index contributed by atoms with van der Waals surface area (Å²) in [6, 6.07) is 4.27. The number of aromatic nitrogens is 1. The van der Waals surface area contributed by atoms with Crippen molar-refractivity contribution in [3.63, 3.8) is 0 Å². The predicted molar refractivity (Wildman–Crippen MR) is 95.4 cm³/mol.